The molecule has 1 aromatic carbocycles. The van der Waals surface area contributed by atoms with Crippen LogP contribution in [0.4, 0.5) is 0 Å². The second kappa shape index (κ2) is 3.74. The van der Waals surface area contributed by atoms with Crippen LogP contribution in [0.2, 0.25) is 0 Å². The summed E-state index contributed by atoms with van der Waals surface area (Å²) in [6.45, 7) is 1.86. The van der Waals surface area contributed by atoms with Crippen LogP contribution < -0.4 is 0 Å². The van der Waals surface area contributed by atoms with E-state index in [1.807, 2.05) is 32.3 Å². The van der Waals surface area contributed by atoms with Crippen molar-refractivity contribution in [1.29, 1.82) is 5.26 Å². The second-order valence-electron chi connectivity index (χ2n) is 4.33. The highest BCUT2D eigenvalue weighted by molar-refractivity contribution is 5.96. The van der Waals surface area contributed by atoms with Crippen molar-refractivity contribution in [3.8, 4) is 17.3 Å². The van der Waals surface area contributed by atoms with Crippen LogP contribution in [-0.4, -0.2) is 14.5 Å². The van der Waals surface area contributed by atoms with Gasteiger partial charge in [-0.25, -0.2) is 4.98 Å². The predicted molar refractivity (Wildman–Crippen MR) is 70.0 cm³/mol. The molecule has 2 aromatic heterocycles. The van der Waals surface area contributed by atoms with Crippen molar-refractivity contribution < 1.29 is 0 Å². The highest BCUT2D eigenvalue weighted by atomic mass is 15.0. The first-order chi connectivity index (χ1) is 8.70. The Morgan fingerprint density at radius 3 is 2.89 bits per heavy atom. The molecule has 0 aliphatic heterocycles. The van der Waals surface area contributed by atoms with Crippen molar-refractivity contribution in [3.63, 3.8) is 0 Å². The van der Waals surface area contributed by atoms with Crippen LogP contribution in [0, 0.1) is 18.3 Å². The van der Waals surface area contributed by atoms with Crippen LogP contribution >= 0.6 is 0 Å². The van der Waals surface area contributed by atoms with E-state index >= 15 is 0 Å². The van der Waals surface area contributed by atoms with Crippen molar-refractivity contribution in [3.05, 3.63) is 42.0 Å². The molecule has 0 aliphatic carbocycles. The molecule has 0 amide bonds. The third kappa shape index (κ3) is 1.41. The zero-order valence-corrected chi connectivity index (χ0v) is 10.2. The first-order valence-electron chi connectivity index (χ1n) is 5.72. The number of para-hydroxylation sites is 1. The van der Waals surface area contributed by atoms with E-state index in [2.05, 4.69) is 32.7 Å². The molecule has 0 saturated heterocycles. The van der Waals surface area contributed by atoms with Gasteiger partial charge in [0, 0.05) is 29.7 Å². The van der Waals surface area contributed by atoms with Gasteiger partial charge in [-0.05, 0) is 13.0 Å². The van der Waals surface area contributed by atoms with Gasteiger partial charge in [-0.3, -0.25) is 0 Å². The SMILES string of the molecule is Cc1nc(C#N)c(-c2cn(C)c3ccccc23)[nH]1. The highest BCUT2D eigenvalue weighted by Crippen LogP contribution is 2.30. The predicted octanol–water partition coefficient (Wildman–Crippen LogP) is 2.75. The van der Waals surface area contributed by atoms with Crippen molar-refractivity contribution in [2.75, 3.05) is 0 Å². The van der Waals surface area contributed by atoms with Crippen LogP contribution in [0.5, 0.6) is 0 Å². The molecule has 3 rings (SSSR count). The molecule has 88 valence electrons. The molecule has 1 N–H and O–H groups in total. The number of nitrogens with one attached hydrogen (secondary N) is 1. The summed E-state index contributed by atoms with van der Waals surface area (Å²) in [7, 11) is 2.00. The van der Waals surface area contributed by atoms with E-state index in [-0.39, 0.29) is 0 Å². The fraction of sp³-hybridized carbons (Fsp3) is 0.143. The summed E-state index contributed by atoms with van der Waals surface area (Å²) in [5.74, 6) is 0.759. The molecular formula is C14H12N4. The molecule has 2 heterocycles. The molecule has 0 spiro atoms. The largest absolute Gasteiger partial charge is 0.350 e. The lowest BCUT2D eigenvalue weighted by Crippen LogP contribution is -1.82. The molecule has 3 aromatic rings. The molecule has 0 unspecified atom stereocenters. The number of rotatable bonds is 1. The molecule has 0 bridgehead atoms. The van der Waals surface area contributed by atoms with Gasteiger partial charge in [0.2, 0.25) is 0 Å². The summed E-state index contributed by atoms with van der Waals surface area (Å²) in [5, 5.41) is 10.3. The lowest BCUT2D eigenvalue weighted by atomic mass is 10.1. The van der Waals surface area contributed by atoms with E-state index in [0.717, 1.165) is 28.0 Å². The fourth-order valence-electron chi connectivity index (χ4n) is 2.31. The van der Waals surface area contributed by atoms with E-state index in [0.29, 0.717) is 5.69 Å². The number of hydrogen-bond acceptors (Lipinski definition) is 2. The second-order valence-corrected chi connectivity index (χ2v) is 4.33. The van der Waals surface area contributed by atoms with E-state index in [1.165, 1.54) is 0 Å². The average Bonchev–Trinajstić information content (AvgIpc) is 2.91. The summed E-state index contributed by atoms with van der Waals surface area (Å²) in [5.41, 5.74) is 3.41. The van der Waals surface area contributed by atoms with E-state index in [9.17, 15) is 0 Å². The summed E-state index contributed by atoms with van der Waals surface area (Å²) in [6.07, 6.45) is 2.03. The molecule has 4 heteroatoms. The number of fused-ring (bicyclic) bond motifs is 1. The number of aryl methyl sites for hydroxylation is 2. The third-order valence-electron chi connectivity index (χ3n) is 3.09. The molecule has 0 atom stereocenters. The van der Waals surface area contributed by atoms with Crippen LogP contribution in [-0.2, 0) is 7.05 Å². The van der Waals surface area contributed by atoms with Gasteiger partial charge >= 0.3 is 0 Å². The van der Waals surface area contributed by atoms with Crippen LogP contribution in [0.1, 0.15) is 11.5 Å². The van der Waals surface area contributed by atoms with Crippen LogP contribution in [0.15, 0.2) is 30.5 Å². The standard InChI is InChI=1S/C14H12N4/c1-9-16-12(7-15)14(17-9)11-8-18(2)13-6-4-3-5-10(11)13/h3-6,8H,1-2H3,(H,16,17). The molecule has 0 radical (unpaired) electrons. The maximum Gasteiger partial charge on any atom is 0.166 e. The minimum Gasteiger partial charge on any atom is -0.350 e. The zero-order chi connectivity index (χ0) is 12.7. The summed E-state index contributed by atoms with van der Waals surface area (Å²) >= 11 is 0. The van der Waals surface area contributed by atoms with Crippen LogP contribution in [0.25, 0.3) is 22.2 Å². The van der Waals surface area contributed by atoms with Gasteiger partial charge in [0.1, 0.15) is 11.9 Å². The van der Waals surface area contributed by atoms with Crippen molar-refractivity contribution in [2.24, 2.45) is 7.05 Å². The molecule has 0 saturated carbocycles. The lowest BCUT2D eigenvalue weighted by Gasteiger charge is -1.95. The normalized spacial score (nSPS) is 10.7. The van der Waals surface area contributed by atoms with E-state index in [4.69, 9.17) is 5.26 Å². The molecule has 0 aliphatic rings. The maximum atomic E-state index is 9.13. The minimum atomic E-state index is 0.448. The number of nitriles is 1. The Morgan fingerprint density at radius 2 is 2.11 bits per heavy atom. The molecule has 0 fully saturated rings. The monoisotopic (exact) mass is 236 g/mol. The number of nitrogens with zero attached hydrogens (tertiary/aromatic N) is 3. The summed E-state index contributed by atoms with van der Waals surface area (Å²) in [4.78, 5) is 7.37. The van der Waals surface area contributed by atoms with Gasteiger partial charge in [0.15, 0.2) is 5.69 Å². The first kappa shape index (κ1) is 10.6. The van der Waals surface area contributed by atoms with E-state index < -0.39 is 0 Å². The molecule has 4 nitrogen and oxygen atoms in total. The van der Waals surface area contributed by atoms with Crippen molar-refractivity contribution in [2.45, 2.75) is 6.92 Å². The van der Waals surface area contributed by atoms with Crippen LogP contribution in [0.3, 0.4) is 0 Å². The summed E-state index contributed by atoms with van der Waals surface area (Å²) < 4.78 is 2.06. The van der Waals surface area contributed by atoms with Gasteiger partial charge in [-0.15, -0.1) is 0 Å². The molecular weight excluding hydrogens is 224 g/mol. The van der Waals surface area contributed by atoms with Gasteiger partial charge in [-0.2, -0.15) is 5.26 Å². The lowest BCUT2D eigenvalue weighted by molar-refractivity contribution is 0.969. The van der Waals surface area contributed by atoms with Crippen molar-refractivity contribution in [1.82, 2.24) is 14.5 Å². The number of aromatic nitrogens is 3. The minimum absolute atomic E-state index is 0.448. The molecule has 18 heavy (non-hydrogen) atoms. The number of H-pyrrole nitrogens is 1. The number of imidazole rings is 1. The van der Waals surface area contributed by atoms with Gasteiger partial charge in [-0.1, -0.05) is 18.2 Å². The Balaban J connectivity index is 2.36. The Bertz CT molecular complexity index is 771. The fourth-order valence-corrected chi connectivity index (χ4v) is 2.31. The Kier molecular flexibility index (Phi) is 2.20. The average molecular weight is 236 g/mol. The maximum absolute atomic E-state index is 9.13. The van der Waals surface area contributed by atoms with Gasteiger partial charge in [0.25, 0.3) is 0 Å². The number of hydrogen-bond donors (Lipinski definition) is 1. The zero-order valence-electron chi connectivity index (χ0n) is 10.2. The van der Waals surface area contributed by atoms with Gasteiger partial charge < -0.3 is 9.55 Å². The Hall–Kier alpha value is -2.54. The smallest absolute Gasteiger partial charge is 0.166 e. The summed E-state index contributed by atoms with van der Waals surface area (Å²) in [6, 6.07) is 10.3. The highest BCUT2D eigenvalue weighted by Gasteiger charge is 2.14. The third-order valence-corrected chi connectivity index (χ3v) is 3.09. The number of aromatic amines is 1. The quantitative estimate of drug-likeness (QED) is 0.706. The van der Waals surface area contributed by atoms with Crippen molar-refractivity contribution >= 4 is 10.9 Å². The topological polar surface area (TPSA) is 57.4 Å². The Morgan fingerprint density at radius 1 is 1.33 bits per heavy atom. The van der Waals surface area contributed by atoms with Gasteiger partial charge in [0.05, 0.1) is 5.69 Å². The number of benzene rings is 1. The van der Waals surface area contributed by atoms with E-state index in [1.54, 1.807) is 0 Å². The first-order valence-corrected chi connectivity index (χ1v) is 5.72. The Labute approximate surface area is 105 Å².